The summed E-state index contributed by atoms with van der Waals surface area (Å²) >= 11 is 1.03. The lowest BCUT2D eigenvalue weighted by Crippen LogP contribution is -2.51. The van der Waals surface area contributed by atoms with E-state index in [1.807, 2.05) is 0 Å². The van der Waals surface area contributed by atoms with E-state index in [0.717, 1.165) is 22.8 Å². The third kappa shape index (κ3) is 1.60. The van der Waals surface area contributed by atoms with Gasteiger partial charge >= 0.3 is 5.97 Å². The number of fused-ring (bicyclic) bond motifs is 1. The number of Topliss-reactive ketones (excluding diaryl/α,β-unsaturated/α-hetero) is 1. The molecule has 0 N–H and O–H groups in total. The number of hydrogen-bond donors (Lipinski definition) is 0. The van der Waals surface area contributed by atoms with Gasteiger partial charge in [0.1, 0.15) is 4.90 Å². The maximum atomic E-state index is 12.2. The van der Waals surface area contributed by atoms with Crippen LogP contribution in [0, 0.1) is 6.92 Å². The topological polar surface area (TPSA) is 80.8 Å². The Balaban J connectivity index is 2.70. The summed E-state index contributed by atoms with van der Waals surface area (Å²) in [5, 5.41) is 1.59. The molecule has 0 aromatic carbocycles. The zero-order valence-corrected chi connectivity index (χ0v) is 11.6. The number of nitrogens with zero attached hydrogens (tertiary/aromatic N) is 1. The molecule has 0 spiro atoms. The predicted octanol–water partition coefficient (Wildman–Crippen LogP) is 0.415. The fraction of sp³-hybridized carbons (Fsp3) is 0.400. The van der Waals surface area contributed by atoms with Crippen LogP contribution in [0.3, 0.4) is 0 Å². The van der Waals surface area contributed by atoms with Gasteiger partial charge < -0.3 is 4.74 Å². The molecule has 0 saturated heterocycles. The Morgan fingerprint density at radius 2 is 2.11 bits per heavy atom. The van der Waals surface area contributed by atoms with Crippen molar-refractivity contribution in [2.24, 2.45) is 0 Å². The molecule has 0 aliphatic carbocycles. The number of carbonyl (C=O) groups is 2. The summed E-state index contributed by atoms with van der Waals surface area (Å²) in [5.74, 6) is -1.41. The van der Waals surface area contributed by atoms with Gasteiger partial charge in [0.15, 0.2) is 6.04 Å². The van der Waals surface area contributed by atoms with Crippen LogP contribution in [0.15, 0.2) is 10.3 Å². The molecule has 0 radical (unpaired) electrons. The first kappa shape index (κ1) is 13.2. The van der Waals surface area contributed by atoms with E-state index >= 15 is 0 Å². The van der Waals surface area contributed by atoms with Crippen LogP contribution >= 0.6 is 11.3 Å². The molecule has 1 aromatic rings. The lowest BCUT2D eigenvalue weighted by atomic mass is 10.1. The maximum Gasteiger partial charge on any atom is 0.332 e. The summed E-state index contributed by atoms with van der Waals surface area (Å²) in [6.07, 6.45) is 0. The van der Waals surface area contributed by atoms with Gasteiger partial charge in [0, 0.05) is 7.05 Å². The molecule has 1 aliphatic heterocycles. The number of hydrogen-bond acceptors (Lipinski definition) is 6. The second kappa shape index (κ2) is 4.15. The van der Waals surface area contributed by atoms with Crippen molar-refractivity contribution in [1.82, 2.24) is 4.31 Å². The van der Waals surface area contributed by atoms with Gasteiger partial charge in [-0.2, -0.15) is 4.31 Å². The molecular weight excluding hydrogens is 278 g/mol. The van der Waals surface area contributed by atoms with E-state index in [1.54, 1.807) is 12.3 Å². The first-order valence-electron chi connectivity index (χ1n) is 5.00. The first-order valence-corrected chi connectivity index (χ1v) is 7.32. The molecule has 2 heterocycles. The summed E-state index contributed by atoms with van der Waals surface area (Å²) in [7, 11) is -1.50. The average molecular weight is 289 g/mol. The van der Waals surface area contributed by atoms with Crippen LogP contribution < -0.4 is 0 Å². The van der Waals surface area contributed by atoms with E-state index in [-0.39, 0.29) is 9.77 Å². The normalized spacial score (nSPS) is 22.6. The number of rotatable bonds is 1. The zero-order valence-electron chi connectivity index (χ0n) is 9.96. The number of ether oxygens (including phenoxy) is 1. The van der Waals surface area contributed by atoms with Crippen LogP contribution in [-0.2, 0) is 19.6 Å². The minimum absolute atomic E-state index is 0.000142. The number of carbonyl (C=O) groups excluding carboxylic acids is 2. The number of aryl methyl sites for hydroxylation is 1. The average Bonchev–Trinajstić information content (AvgIpc) is 2.70. The highest BCUT2D eigenvalue weighted by Crippen LogP contribution is 2.35. The second-order valence-electron chi connectivity index (χ2n) is 3.89. The van der Waals surface area contributed by atoms with Crippen molar-refractivity contribution >= 4 is 33.1 Å². The van der Waals surface area contributed by atoms with Gasteiger partial charge in [-0.3, -0.25) is 4.79 Å². The number of likely N-dealkylation sites (N-methyl/N-ethyl adjacent to an activating group) is 1. The zero-order chi connectivity index (χ0) is 13.7. The van der Waals surface area contributed by atoms with Crippen molar-refractivity contribution in [3.05, 3.63) is 15.8 Å². The van der Waals surface area contributed by atoms with Gasteiger partial charge in [0.2, 0.25) is 15.8 Å². The van der Waals surface area contributed by atoms with Crippen molar-refractivity contribution in [2.75, 3.05) is 14.2 Å². The highest BCUT2D eigenvalue weighted by atomic mass is 32.2. The molecule has 0 saturated carbocycles. The van der Waals surface area contributed by atoms with Crippen molar-refractivity contribution < 1.29 is 22.7 Å². The molecule has 8 heteroatoms. The Morgan fingerprint density at radius 3 is 2.67 bits per heavy atom. The monoisotopic (exact) mass is 289 g/mol. The molecular formula is C10H11NO5S2. The summed E-state index contributed by atoms with van der Waals surface area (Å²) in [6, 6.07) is -1.43. The van der Waals surface area contributed by atoms with Crippen molar-refractivity contribution in [2.45, 2.75) is 17.9 Å². The number of esters is 1. The van der Waals surface area contributed by atoms with Gasteiger partial charge in [-0.15, -0.1) is 11.3 Å². The predicted molar refractivity (Wildman–Crippen MR) is 64.1 cm³/mol. The molecule has 0 amide bonds. The smallest absolute Gasteiger partial charge is 0.332 e. The van der Waals surface area contributed by atoms with E-state index in [2.05, 4.69) is 4.74 Å². The minimum atomic E-state index is -3.82. The third-order valence-electron chi connectivity index (χ3n) is 2.82. The molecule has 6 nitrogen and oxygen atoms in total. The van der Waals surface area contributed by atoms with Gasteiger partial charge in [-0.05, 0) is 17.9 Å². The molecule has 2 rings (SSSR count). The van der Waals surface area contributed by atoms with Crippen LogP contribution in [0.25, 0.3) is 0 Å². The van der Waals surface area contributed by atoms with E-state index in [4.69, 9.17) is 0 Å². The Labute approximate surface area is 108 Å². The summed E-state index contributed by atoms with van der Waals surface area (Å²) < 4.78 is 29.7. The van der Waals surface area contributed by atoms with Gasteiger partial charge in [0.25, 0.3) is 0 Å². The second-order valence-corrected chi connectivity index (χ2v) is 6.70. The third-order valence-corrected chi connectivity index (χ3v) is 6.07. The molecule has 1 aliphatic rings. The van der Waals surface area contributed by atoms with Gasteiger partial charge in [0.05, 0.1) is 12.0 Å². The van der Waals surface area contributed by atoms with E-state index < -0.39 is 27.8 Å². The summed E-state index contributed by atoms with van der Waals surface area (Å²) in [6.45, 7) is 1.62. The highest BCUT2D eigenvalue weighted by molar-refractivity contribution is 7.89. The highest BCUT2D eigenvalue weighted by Gasteiger charge is 2.47. The van der Waals surface area contributed by atoms with Crippen molar-refractivity contribution in [3.63, 3.8) is 0 Å². The molecule has 1 atom stereocenters. The Kier molecular flexibility index (Phi) is 3.04. The first-order chi connectivity index (χ1) is 8.32. The summed E-state index contributed by atoms with van der Waals surface area (Å²) in [5.41, 5.74) is 0.513. The van der Waals surface area contributed by atoms with Crippen molar-refractivity contribution in [3.8, 4) is 0 Å². The molecule has 0 bridgehead atoms. The fourth-order valence-electron chi connectivity index (χ4n) is 1.86. The van der Waals surface area contributed by atoms with E-state index in [9.17, 15) is 18.0 Å². The molecule has 18 heavy (non-hydrogen) atoms. The number of ketones is 1. The summed E-state index contributed by atoms with van der Waals surface area (Å²) in [4.78, 5) is 23.8. The quantitative estimate of drug-likeness (QED) is 0.552. The number of methoxy groups -OCH3 is 1. The van der Waals surface area contributed by atoms with Gasteiger partial charge in [-0.1, -0.05) is 0 Å². The molecule has 1 unspecified atom stereocenters. The van der Waals surface area contributed by atoms with Gasteiger partial charge in [-0.25, -0.2) is 13.2 Å². The number of sulfonamides is 1. The maximum absolute atomic E-state index is 12.2. The standard InChI is InChI=1S/C10H11NO5S2/c1-5-4-17-8-7(12)6(10(13)16-3)11(2)18(14,15)9(5)8/h4,6H,1-3H3. The minimum Gasteiger partial charge on any atom is -0.467 e. The lowest BCUT2D eigenvalue weighted by molar-refractivity contribution is -0.143. The Bertz CT molecular complexity index is 631. The SMILES string of the molecule is COC(=O)C1C(=O)c2scc(C)c2S(=O)(=O)N1C. The molecule has 98 valence electrons. The van der Waals surface area contributed by atoms with Crippen LogP contribution in [-0.4, -0.2) is 44.7 Å². The van der Waals surface area contributed by atoms with E-state index in [1.165, 1.54) is 7.05 Å². The van der Waals surface area contributed by atoms with Crippen LogP contribution in [0.5, 0.6) is 0 Å². The lowest BCUT2D eigenvalue weighted by Gasteiger charge is -2.28. The Hall–Kier alpha value is -1.25. The van der Waals surface area contributed by atoms with Crippen LogP contribution in [0.1, 0.15) is 15.2 Å². The fourth-order valence-corrected chi connectivity index (χ4v) is 4.85. The largest absolute Gasteiger partial charge is 0.467 e. The van der Waals surface area contributed by atoms with Crippen LogP contribution in [0.2, 0.25) is 0 Å². The van der Waals surface area contributed by atoms with Crippen molar-refractivity contribution in [1.29, 1.82) is 0 Å². The Morgan fingerprint density at radius 1 is 1.50 bits per heavy atom. The molecule has 1 aromatic heterocycles. The van der Waals surface area contributed by atoms with Crippen LogP contribution in [0.4, 0.5) is 0 Å². The van der Waals surface area contributed by atoms with E-state index in [0.29, 0.717) is 5.56 Å². The number of thiophene rings is 1. The molecule has 0 fully saturated rings.